The van der Waals surface area contributed by atoms with Gasteiger partial charge in [-0.25, -0.2) is 4.98 Å². The molecule has 0 radical (unpaired) electrons. The maximum Gasteiger partial charge on any atom is 0.433 e. The average Bonchev–Trinajstić information content (AvgIpc) is 3.22. The number of ether oxygens (including phenoxy) is 1. The van der Waals surface area contributed by atoms with Crippen molar-refractivity contribution in [2.45, 2.75) is 25.6 Å². The molecule has 2 aromatic heterocycles. The lowest BCUT2D eigenvalue weighted by Crippen LogP contribution is -2.31. The third-order valence-electron chi connectivity index (χ3n) is 4.21. The maximum absolute atomic E-state index is 12.6. The molecule has 9 heteroatoms. The van der Waals surface area contributed by atoms with Crippen molar-refractivity contribution in [1.82, 2.24) is 20.5 Å². The van der Waals surface area contributed by atoms with Crippen LogP contribution in [0.5, 0.6) is 0 Å². The summed E-state index contributed by atoms with van der Waals surface area (Å²) in [6.45, 7) is 2.32. The number of carbonyl (C=O) groups excluding carboxylic acids is 1. The van der Waals surface area contributed by atoms with Crippen molar-refractivity contribution in [3.8, 4) is 0 Å². The van der Waals surface area contributed by atoms with E-state index in [-0.39, 0.29) is 23.3 Å². The van der Waals surface area contributed by atoms with E-state index in [1.165, 1.54) is 6.92 Å². The smallest absolute Gasteiger partial charge is 0.373 e. The zero-order valence-corrected chi connectivity index (χ0v) is 13.4. The zero-order valence-electron chi connectivity index (χ0n) is 13.4. The molecule has 1 amide bonds. The van der Waals surface area contributed by atoms with Crippen LogP contribution in [0.25, 0.3) is 0 Å². The molecule has 0 saturated carbocycles. The van der Waals surface area contributed by atoms with Gasteiger partial charge in [0.25, 0.3) is 5.91 Å². The van der Waals surface area contributed by atoms with E-state index in [1.54, 1.807) is 12.4 Å². The number of aromatic nitrogens is 3. The predicted molar refractivity (Wildman–Crippen MR) is 81.7 cm³/mol. The molecule has 1 aliphatic rings. The van der Waals surface area contributed by atoms with Crippen molar-refractivity contribution in [2.24, 2.45) is 5.92 Å². The van der Waals surface area contributed by atoms with Gasteiger partial charge in [0, 0.05) is 30.8 Å². The van der Waals surface area contributed by atoms with Crippen molar-refractivity contribution in [3.05, 3.63) is 47.0 Å². The van der Waals surface area contributed by atoms with Gasteiger partial charge in [0.2, 0.25) is 0 Å². The summed E-state index contributed by atoms with van der Waals surface area (Å²) in [4.78, 5) is 15.8. The highest BCUT2D eigenvalue weighted by Crippen LogP contribution is 2.33. The summed E-state index contributed by atoms with van der Waals surface area (Å²) >= 11 is 0. The fraction of sp³-hybridized carbons (Fsp3) is 0.438. The molecule has 134 valence electrons. The van der Waals surface area contributed by atoms with E-state index in [0.717, 1.165) is 24.1 Å². The monoisotopic (exact) mass is 354 g/mol. The lowest BCUT2D eigenvalue weighted by molar-refractivity contribution is -0.141. The minimum atomic E-state index is -4.53. The van der Waals surface area contributed by atoms with Gasteiger partial charge in [-0.15, -0.1) is 0 Å². The number of H-pyrrole nitrogens is 1. The molecule has 2 N–H and O–H groups in total. The Labute approximate surface area is 141 Å². The molecule has 3 heterocycles. The number of amides is 1. The van der Waals surface area contributed by atoms with E-state index >= 15 is 0 Å². The van der Waals surface area contributed by atoms with E-state index in [2.05, 4.69) is 20.5 Å². The van der Waals surface area contributed by atoms with Crippen LogP contribution in [-0.2, 0) is 10.9 Å². The molecule has 6 nitrogen and oxygen atoms in total. The SMILES string of the molecule is Cc1nc(C(F)(F)F)ccc1C(=O)NC[C@H]1CCO[C@@H]1c1cn[nH]c1. The van der Waals surface area contributed by atoms with Crippen LogP contribution in [0.1, 0.15) is 39.8 Å². The number of hydrogen-bond donors (Lipinski definition) is 2. The van der Waals surface area contributed by atoms with Crippen molar-refractivity contribution in [2.75, 3.05) is 13.2 Å². The molecule has 0 aromatic carbocycles. The molecule has 0 unspecified atom stereocenters. The van der Waals surface area contributed by atoms with Crippen molar-refractivity contribution in [1.29, 1.82) is 0 Å². The summed E-state index contributed by atoms with van der Waals surface area (Å²) < 4.78 is 43.6. The Morgan fingerprint density at radius 3 is 2.88 bits per heavy atom. The number of pyridine rings is 1. The highest BCUT2D eigenvalue weighted by atomic mass is 19.4. The minimum absolute atomic E-state index is 0.0429. The van der Waals surface area contributed by atoms with Gasteiger partial charge in [-0.3, -0.25) is 9.89 Å². The summed E-state index contributed by atoms with van der Waals surface area (Å²) in [5.41, 5.74) is 0.0723. The molecule has 1 fully saturated rings. The summed E-state index contributed by atoms with van der Waals surface area (Å²) in [5, 5.41) is 9.38. The quantitative estimate of drug-likeness (QED) is 0.885. The summed E-state index contributed by atoms with van der Waals surface area (Å²) in [6.07, 6.45) is -0.492. The highest BCUT2D eigenvalue weighted by Gasteiger charge is 2.33. The third kappa shape index (κ3) is 3.81. The molecule has 2 atom stereocenters. The van der Waals surface area contributed by atoms with Crippen LogP contribution >= 0.6 is 0 Å². The molecule has 25 heavy (non-hydrogen) atoms. The number of aromatic amines is 1. The van der Waals surface area contributed by atoms with Gasteiger partial charge in [0.05, 0.1) is 23.6 Å². The summed E-state index contributed by atoms with van der Waals surface area (Å²) in [6, 6.07) is 1.97. The normalized spacial score (nSPS) is 20.6. The van der Waals surface area contributed by atoms with E-state index in [1.807, 2.05) is 0 Å². The van der Waals surface area contributed by atoms with Crippen molar-refractivity contribution >= 4 is 5.91 Å². The van der Waals surface area contributed by atoms with Gasteiger partial charge in [0.15, 0.2) is 0 Å². The first-order valence-electron chi connectivity index (χ1n) is 7.79. The first-order chi connectivity index (χ1) is 11.9. The van der Waals surface area contributed by atoms with E-state index in [0.29, 0.717) is 13.2 Å². The molecular weight excluding hydrogens is 337 g/mol. The number of carbonyl (C=O) groups is 1. The summed E-state index contributed by atoms with van der Waals surface area (Å²) in [7, 11) is 0. The molecule has 2 aromatic rings. The summed E-state index contributed by atoms with van der Waals surface area (Å²) in [5.74, 6) is -0.374. The Morgan fingerprint density at radius 1 is 1.44 bits per heavy atom. The standard InChI is InChI=1S/C16H17F3N4O2/c1-9-12(2-3-13(23-9)16(17,18)19)15(24)20-6-10-4-5-25-14(10)11-7-21-22-8-11/h2-3,7-8,10,14H,4-6H2,1H3,(H,20,24)(H,21,22)/t10-,14+/m1/s1. The Hall–Kier alpha value is -2.42. The average molecular weight is 354 g/mol. The Morgan fingerprint density at radius 2 is 2.24 bits per heavy atom. The predicted octanol–water partition coefficient (Wildman–Crippen LogP) is 2.64. The van der Waals surface area contributed by atoms with Crippen LogP contribution in [0.2, 0.25) is 0 Å². The fourth-order valence-corrected chi connectivity index (χ4v) is 2.91. The Balaban J connectivity index is 1.65. The van der Waals surface area contributed by atoms with Crippen molar-refractivity contribution in [3.63, 3.8) is 0 Å². The molecule has 1 aliphatic heterocycles. The van der Waals surface area contributed by atoms with Gasteiger partial charge >= 0.3 is 6.18 Å². The lowest BCUT2D eigenvalue weighted by atomic mass is 9.97. The number of halogens is 3. The van der Waals surface area contributed by atoms with Crippen LogP contribution in [0.4, 0.5) is 13.2 Å². The van der Waals surface area contributed by atoms with Crippen LogP contribution < -0.4 is 5.32 Å². The van der Waals surface area contributed by atoms with Gasteiger partial charge in [-0.1, -0.05) is 0 Å². The maximum atomic E-state index is 12.6. The number of alkyl halides is 3. The molecule has 0 spiro atoms. The van der Waals surface area contributed by atoms with Crippen LogP contribution in [0, 0.1) is 12.8 Å². The van der Waals surface area contributed by atoms with E-state index in [4.69, 9.17) is 4.74 Å². The topological polar surface area (TPSA) is 79.9 Å². The Kier molecular flexibility index (Phi) is 4.76. The second kappa shape index (κ2) is 6.83. The zero-order chi connectivity index (χ0) is 18.0. The number of hydrogen-bond acceptors (Lipinski definition) is 4. The number of rotatable bonds is 4. The number of aryl methyl sites for hydroxylation is 1. The number of nitrogens with one attached hydrogen (secondary N) is 2. The van der Waals surface area contributed by atoms with E-state index < -0.39 is 17.8 Å². The van der Waals surface area contributed by atoms with Gasteiger partial charge in [-0.05, 0) is 25.5 Å². The minimum Gasteiger partial charge on any atom is -0.373 e. The highest BCUT2D eigenvalue weighted by molar-refractivity contribution is 5.95. The largest absolute Gasteiger partial charge is 0.433 e. The number of nitrogens with zero attached hydrogens (tertiary/aromatic N) is 2. The van der Waals surface area contributed by atoms with Crippen LogP contribution in [0.3, 0.4) is 0 Å². The first kappa shape index (κ1) is 17.4. The van der Waals surface area contributed by atoms with Gasteiger partial charge in [0.1, 0.15) is 5.69 Å². The van der Waals surface area contributed by atoms with Crippen molar-refractivity contribution < 1.29 is 22.7 Å². The second-order valence-corrected chi connectivity index (χ2v) is 5.91. The second-order valence-electron chi connectivity index (χ2n) is 5.91. The third-order valence-corrected chi connectivity index (χ3v) is 4.21. The van der Waals surface area contributed by atoms with Gasteiger partial charge in [-0.2, -0.15) is 18.3 Å². The molecule has 1 saturated heterocycles. The molecule has 0 bridgehead atoms. The van der Waals surface area contributed by atoms with Gasteiger partial charge < -0.3 is 10.1 Å². The lowest BCUT2D eigenvalue weighted by Gasteiger charge is -2.18. The molecule has 0 aliphatic carbocycles. The molecular formula is C16H17F3N4O2. The Bertz CT molecular complexity index is 746. The van der Waals surface area contributed by atoms with E-state index in [9.17, 15) is 18.0 Å². The van der Waals surface area contributed by atoms with Crippen LogP contribution in [0.15, 0.2) is 24.5 Å². The fourth-order valence-electron chi connectivity index (χ4n) is 2.91. The van der Waals surface area contributed by atoms with Crippen LogP contribution in [-0.4, -0.2) is 34.2 Å². The first-order valence-corrected chi connectivity index (χ1v) is 7.79. The molecule has 3 rings (SSSR count).